The third-order valence-electron chi connectivity index (χ3n) is 3.34. The third-order valence-corrected chi connectivity index (χ3v) is 4.43. The molecule has 0 saturated carbocycles. The first-order valence-corrected chi connectivity index (χ1v) is 8.17. The molecular weight excluding hydrogens is 294 g/mol. The minimum atomic E-state index is -0.530. The van der Waals surface area contributed by atoms with Gasteiger partial charge in [0.25, 0.3) is 5.91 Å². The van der Waals surface area contributed by atoms with Crippen molar-refractivity contribution in [2.75, 3.05) is 6.54 Å². The molecule has 2 rings (SSSR count). The summed E-state index contributed by atoms with van der Waals surface area (Å²) in [4.78, 5) is 14.3. The second-order valence-electron chi connectivity index (χ2n) is 5.43. The van der Waals surface area contributed by atoms with E-state index in [0.29, 0.717) is 5.56 Å². The molecule has 0 aliphatic carbocycles. The van der Waals surface area contributed by atoms with Crippen molar-refractivity contribution < 1.29 is 9.90 Å². The van der Waals surface area contributed by atoms with E-state index < -0.39 is 6.10 Å². The monoisotopic (exact) mass is 315 g/mol. The van der Waals surface area contributed by atoms with Gasteiger partial charge in [-0.3, -0.25) is 4.79 Å². The number of hydrogen-bond acceptors (Lipinski definition) is 3. The van der Waals surface area contributed by atoms with Gasteiger partial charge in [0.15, 0.2) is 0 Å². The molecule has 3 nitrogen and oxygen atoms in total. The van der Waals surface area contributed by atoms with Crippen molar-refractivity contribution >= 4 is 17.7 Å². The van der Waals surface area contributed by atoms with Crippen molar-refractivity contribution in [2.45, 2.75) is 29.7 Å². The van der Waals surface area contributed by atoms with Crippen LogP contribution in [0.4, 0.5) is 0 Å². The molecular formula is C18H21NO2S. The van der Waals surface area contributed by atoms with Crippen LogP contribution in [0, 0.1) is 5.92 Å². The summed E-state index contributed by atoms with van der Waals surface area (Å²) in [5.41, 5.74) is 0.632. The summed E-state index contributed by atoms with van der Waals surface area (Å²) in [5, 5.41) is 12.6. The van der Waals surface area contributed by atoms with Gasteiger partial charge in [0.1, 0.15) is 0 Å². The van der Waals surface area contributed by atoms with Gasteiger partial charge in [0.05, 0.1) is 11.7 Å². The maximum atomic E-state index is 12.3. The van der Waals surface area contributed by atoms with Gasteiger partial charge in [-0.15, -0.1) is 0 Å². The molecule has 2 N–H and O–H groups in total. The van der Waals surface area contributed by atoms with Gasteiger partial charge in [0, 0.05) is 16.3 Å². The fourth-order valence-corrected chi connectivity index (χ4v) is 2.85. The molecule has 0 radical (unpaired) electrons. The van der Waals surface area contributed by atoms with E-state index >= 15 is 0 Å². The predicted octanol–water partition coefficient (Wildman–Crippen LogP) is 3.58. The normalized spacial score (nSPS) is 12.2. The summed E-state index contributed by atoms with van der Waals surface area (Å²) in [5.74, 6) is -0.0343. The Hall–Kier alpha value is -1.78. The number of aliphatic hydroxyl groups is 1. The average Bonchev–Trinajstić information content (AvgIpc) is 2.53. The summed E-state index contributed by atoms with van der Waals surface area (Å²) in [6.45, 7) is 4.12. The highest BCUT2D eigenvalue weighted by molar-refractivity contribution is 7.99. The van der Waals surface area contributed by atoms with Gasteiger partial charge >= 0.3 is 0 Å². The maximum Gasteiger partial charge on any atom is 0.252 e. The molecule has 0 heterocycles. The molecule has 0 fully saturated rings. The van der Waals surface area contributed by atoms with Gasteiger partial charge in [-0.25, -0.2) is 0 Å². The zero-order chi connectivity index (χ0) is 15.9. The first kappa shape index (κ1) is 16.6. The Morgan fingerprint density at radius 1 is 1.09 bits per heavy atom. The first-order chi connectivity index (χ1) is 10.6. The van der Waals surface area contributed by atoms with Gasteiger partial charge < -0.3 is 10.4 Å². The third kappa shape index (κ3) is 4.61. The number of rotatable bonds is 6. The van der Waals surface area contributed by atoms with E-state index in [-0.39, 0.29) is 18.4 Å². The maximum absolute atomic E-state index is 12.3. The van der Waals surface area contributed by atoms with Crippen LogP contribution >= 0.6 is 11.8 Å². The van der Waals surface area contributed by atoms with Gasteiger partial charge in [0.2, 0.25) is 0 Å². The second-order valence-corrected chi connectivity index (χ2v) is 6.55. The zero-order valence-electron chi connectivity index (χ0n) is 12.8. The molecule has 0 aliphatic rings. The number of carbonyl (C=O) groups is 1. The summed E-state index contributed by atoms with van der Waals surface area (Å²) < 4.78 is 0. The molecule has 2 aromatic carbocycles. The number of amides is 1. The molecule has 0 bridgehead atoms. The van der Waals surface area contributed by atoms with E-state index in [4.69, 9.17) is 0 Å². The van der Waals surface area contributed by atoms with Crippen LogP contribution in [0.2, 0.25) is 0 Å². The van der Waals surface area contributed by atoms with Crippen molar-refractivity contribution in [3.63, 3.8) is 0 Å². The fraction of sp³-hybridized carbons (Fsp3) is 0.278. The van der Waals surface area contributed by atoms with E-state index in [9.17, 15) is 9.90 Å². The van der Waals surface area contributed by atoms with Crippen molar-refractivity contribution in [3.8, 4) is 0 Å². The molecule has 1 unspecified atom stereocenters. The molecule has 0 saturated heterocycles. The number of nitrogens with one attached hydrogen (secondary N) is 1. The SMILES string of the molecule is CC(C)C(O)CNC(=O)c1ccccc1Sc1ccccc1. The Bertz CT molecular complexity index is 613. The number of hydrogen-bond donors (Lipinski definition) is 2. The highest BCUT2D eigenvalue weighted by Crippen LogP contribution is 2.30. The Balaban J connectivity index is 2.09. The summed E-state index contributed by atoms with van der Waals surface area (Å²) in [7, 11) is 0. The van der Waals surface area contributed by atoms with Crippen LogP contribution in [0.3, 0.4) is 0 Å². The van der Waals surface area contributed by atoms with Crippen LogP contribution in [-0.4, -0.2) is 23.7 Å². The van der Waals surface area contributed by atoms with Gasteiger partial charge in [-0.05, 0) is 30.2 Å². The first-order valence-electron chi connectivity index (χ1n) is 7.36. The Kier molecular flexibility index (Phi) is 6.04. The lowest BCUT2D eigenvalue weighted by atomic mass is 10.1. The largest absolute Gasteiger partial charge is 0.391 e. The second kappa shape index (κ2) is 8.01. The molecule has 1 atom stereocenters. The van der Waals surface area contributed by atoms with Crippen LogP contribution in [0.5, 0.6) is 0 Å². The topological polar surface area (TPSA) is 49.3 Å². The number of benzene rings is 2. The van der Waals surface area contributed by atoms with Crippen LogP contribution in [0.25, 0.3) is 0 Å². The zero-order valence-corrected chi connectivity index (χ0v) is 13.6. The molecule has 4 heteroatoms. The lowest BCUT2D eigenvalue weighted by Crippen LogP contribution is -2.34. The van der Waals surface area contributed by atoms with E-state index in [2.05, 4.69) is 5.32 Å². The van der Waals surface area contributed by atoms with Crippen LogP contribution < -0.4 is 5.32 Å². The number of carbonyl (C=O) groups excluding carboxylic acids is 1. The molecule has 0 spiro atoms. The predicted molar refractivity (Wildman–Crippen MR) is 90.2 cm³/mol. The molecule has 22 heavy (non-hydrogen) atoms. The lowest BCUT2D eigenvalue weighted by Gasteiger charge is -2.16. The Morgan fingerprint density at radius 2 is 1.73 bits per heavy atom. The van der Waals surface area contributed by atoms with E-state index in [1.54, 1.807) is 11.8 Å². The summed E-state index contributed by atoms with van der Waals surface area (Å²) in [6, 6.07) is 17.5. The average molecular weight is 315 g/mol. The highest BCUT2D eigenvalue weighted by Gasteiger charge is 2.14. The number of aliphatic hydroxyl groups excluding tert-OH is 1. The van der Waals surface area contributed by atoms with E-state index in [1.807, 2.05) is 68.4 Å². The van der Waals surface area contributed by atoms with Crippen molar-refractivity contribution in [1.82, 2.24) is 5.32 Å². The molecule has 0 aliphatic heterocycles. The van der Waals surface area contributed by atoms with Crippen LogP contribution in [0.1, 0.15) is 24.2 Å². The molecule has 2 aromatic rings. The van der Waals surface area contributed by atoms with Crippen molar-refractivity contribution in [1.29, 1.82) is 0 Å². The minimum Gasteiger partial charge on any atom is -0.391 e. The van der Waals surface area contributed by atoms with Crippen LogP contribution in [0.15, 0.2) is 64.4 Å². The quantitative estimate of drug-likeness (QED) is 0.856. The van der Waals surface area contributed by atoms with E-state index in [0.717, 1.165) is 9.79 Å². The van der Waals surface area contributed by atoms with Gasteiger partial charge in [-0.2, -0.15) is 0 Å². The highest BCUT2D eigenvalue weighted by atomic mass is 32.2. The van der Waals surface area contributed by atoms with Gasteiger partial charge in [-0.1, -0.05) is 55.9 Å². The Labute approximate surface area is 135 Å². The van der Waals surface area contributed by atoms with E-state index in [1.165, 1.54) is 0 Å². The summed E-state index contributed by atoms with van der Waals surface area (Å²) in [6.07, 6.45) is -0.530. The lowest BCUT2D eigenvalue weighted by molar-refractivity contribution is 0.0869. The standard InChI is InChI=1S/C18H21NO2S/c1-13(2)16(20)12-19-18(21)15-10-6-7-11-17(15)22-14-8-4-3-5-9-14/h3-11,13,16,20H,12H2,1-2H3,(H,19,21). The Morgan fingerprint density at radius 3 is 2.41 bits per heavy atom. The summed E-state index contributed by atoms with van der Waals surface area (Å²) >= 11 is 1.56. The minimum absolute atomic E-state index is 0.120. The fourth-order valence-electron chi connectivity index (χ4n) is 1.89. The molecule has 116 valence electrons. The smallest absolute Gasteiger partial charge is 0.252 e. The molecule has 0 aromatic heterocycles. The van der Waals surface area contributed by atoms with Crippen molar-refractivity contribution in [3.05, 3.63) is 60.2 Å². The molecule has 1 amide bonds. The van der Waals surface area contributed by atoms with Crippen LogP contribution in [-0.2, 0) is 0 Å². The van der Waals surface area contributed by atoms with Crippen molar-refractivity contribution in [2.24, 2.45) is 5.92 Å².